The summed E-state index contributed by atoms with van der Waals surface area (Å²) >= 11 is 0. The summed E-state index contributed by atoms with van der Waals surface area (Å²) in [5.74, 6) is -2.17. The van der Waals surface area contributed by atoms with Crippen molar-refractivity contribution in [3.63, 3.8) is 0 Å². The average Bonchev–Trinajstić information content (AvgIpc) is 2.87. The topological polar surface area (TPSA) is 90.5 Å². The molecule has 2 N–H and O–H groups in total. The molecule has 1 atom stereocenters. The number of para-hydroxylation sites is 1. The van der Waals surface area contributed by atoms with E-state index in [1.807, 2.05) is 0 Å². The van der Waals surface area contributed by atoms with Crippen molar-refractivity contribution in [2.45, 2.75) is 38.0 Å². The van der Waals surface area contributed by atoms with E-state index in [9.17, 15) is 19.5 Å². The molecule has 2 aromatic rings. The summed E-state index contributed by atoms with van der Waals surface area (Å²) in [5.41, 5.74) is 2.82. The number of carbonyl (C=O) groups is 2. The second-order valence-electron chi connectivity index (χ2n) is 6.94. The third-order valence-electron chi connectivity index (χ3n) is 5.33. The molecule has 0 fully saturated rings. The Morgan fingerprint density at radius 1 is 1.12 bits per heavy atom. The number of aromatic amines is 1. The molecule has 0 saturated carbocycles. The number of rotatable bonds is 2. The molecule has 0 spiro atoms. The fourth-order valence-electron chi connectivity index (χ4n) is 3.97. The number of aliphatic carboxylic acids is 1. The van der Waals surface area contributed by atoms with Crippen molar-refractivity contribution >= 4 is 17.6 Å². The molecule has 2 aliphatic rings. The van der Waals surface area contributed by atoms with Gasteiger partial charge in [-0.05, 0) is 48.9 Å². The Morgan fingerprint density at radius 2 is 1.88 bits per heavy atom. The highest BCUT2D eigenvalue weighted by Crippen LogP contribution is 2.37. The van der Waals surface area contributed by atoms with Crippen LogP contribution < -0.4 is 10.5 Å². The molecular weight excluding hydrogens is 332 g/mol. The number of amides is 1. The SMILES string of the molecule is O=C(O)C1CN(C(=O)c2cc3c([nH]c2=O)CCCCC3)c2ccccc21. The standard InChI is InChI=1S/C20H20N2O4/c23-18-14(10-12-6-2-1-3-8-16(12)21-18)19(24)22-11-15(20(25)26)13-7-4-5-9-17(13)22/h4-5,7,9-10,15H,1-3,6,8,11H2,(H,21,23)(H,25,26). The third kappa shape index (κ3) is 2.71. The van der Waals surface area contributed by atoms with Crippen molar-refractivity contribution in [3.8, 4) is 0 Å². The van der Waals surface area contributed by atoms with Crippen LogP contribution >= 0.6 is 0 Å². The Kier molecular flexibility index (Phi) is 4.11. The molecule has 0 radical (unpaired) electrons. The van der Waals surface area contributed by atoms with E-state index in [1.54, 1.807) is 30.3 Å². The van der Waals surface area contributed by atoms with Crippen LogP contribution in [0.15, 0.2) is 35.1 Å². The van der Waals surface area contributed by atoms with Gasteiger partial charge in [0, 0.05) is 17.9 Å². The molecule has 1 aromatic heterocycles. The van der Waals surface area contributed by atoms with Crippen LogP contribution in [0.25, 0.3) is 0 Å². The van der Waals surface area contributed by atoms with Gasteiger partial charge in [0.1, 0.15) is 11.5 Å². The lowest BCUT2D eigenvalue weighted by molar-refractivity contribution is -0.138. The van der Waals surface area contributed by atoms with Gasteiger partial charge in [-0.3, -0.25) is 14.4 Å². The van der Waals surface area contributed by atoms with Crippen LogP contribution in [0, 0.1) is 0 Å². The molecule has 6 heteroatoms. The number of hydrogen-bond donors (Lipinski definition) is 2. The summed E-state index contributed by atoms with van der Waals surface area (Å²) in [7, 11) is 0. The lowest BCUT2D eigenvalue weighted by Crippen LogP contribution is -2.35. The summed E-state index contributed by atoms with van der Waals surface area (Å²) in [5, 5.41) is 9.47. The van der Waals surface area contributed by atoms with Gasteiger partial charge in [-0.15, -0.1) is 0 Å². The average molecular weight is 352 g/mol. The van der Waals surface area contributed by atoms with Crippen LogP contribution in [0.2, 0.25) is 0 Å². The normalized spacial score (nSPS) is 18.8. The highest BCUT2D eigenvalue weighted by Gasteiger charge is 2.37. The molecule has 1 aliphatic carbocycles. The second-order valence-corrected chi connectivity index (χ2v) is 6.94. The van der Waals surface area contributed by atoms with Gasteiger partial charge in [0.05, 0.1) is 0 Å². The Hall–Kier alpha value is -2.89. The number of carboxylic acid groups (broad SMARTS) is 1. The first-order valence-corrected chi connectivity index (χ1v) is 8.95. The van der Waals surface area contributed by atoms with Crippen LogP contribution in [0.3, 0.4) is 0 Å². The first-order chi connectivity index (χ1) is 12.6. The molecule has 6 nitrogen and oxygen atoms in total. The van der Waals surface area contributed by atoms with Gasteiger partial charge in [-0.25, -0.2) is 0 Å². The smallest absolute Gasteiger partial charge is 0.312 e. The first kappa shape index (κ1) is 16.6. The van der Waals surface area contributed by atoms with E-state index in [1.165, 1.54) is 4.90 Å². The maximum absolute atomic E-state index is 13.1. The molecule has 4 rings (SSSR count). The zero-order valence-corrected chi connectivity index (χ0v) is 14.3. The summed E-state index contributed by atoms with van der Waals surface area (Å²) in [6.45, 7) is 0.0457. The minimum atomic E-state index is -0.969. The number of fused-ring (bicyclic) bond motifs is 2. The van der Waals surface area contributed by atoms with Crippen molar-refractivity contribution in [2.24, 2.45) is 0 Å². The lowest BCUT2D eigenvalue weighted by Gasteiger charge is -2.18. The Labute approximate surface area is 150 Å². The predicted molar refractivity (Wildman–Crippen MR) is 96.8 cm³/mol. The number of aromatic nitrogens is 1. The molecule has 0 bridgehead atoms. The minimum absolute atomic E-state index is 0.0457. The number of hydrogen-bond acceptors (Lipinski definition) is 3. The molecule has 1 aliphatic heterocycles. The summed E-state index contributed by atoms with van der Waals surface area (Å²) in [6, 6.07) is 8.69. The molecule has 1 amide bonds. The van der Waals surface area contributed by atoms with Gasteiger partial charge in [-0.2, -0.15) is 0 Å². The first-order valence-electron chi connectivity index (χ1n) is 8.95. The van der Waals surface area contributed by atoms with E-state index in [0.29, 0.717) is 11.3 Å². The van der Waals surface area contributed by atoms with Crippen molar-refractivity contribution < 1.29 is 14.7 Å². The zero-order chi connectivity index (χ0) is 18.3. The number of benzene rings is 1. The van der Waals surface area contributed by atoms with E-state index in [4.69, 9.17) is 0 Å². The van der Waals surface area contributed by atoms with E-state index < -0.39 is 23.4 Å². The van der Waals surface area contributed by atoms with Crippen LogP contribution in [0.4, 0.5) is 5.69 Å². The van der Waals surface area contributed by atoms with Gasteiger partial charge < -0.3 is 15.0 Å². The Morgan fingerprint density at radius 3 is 2.69 bits per heavy atom. The third-order valence-corrected chi connectivity index (χ3v) is 5.33. The number of pyridine rings is 1. The predicted octanol–water partition coefficient (Wildman–Crippen LogP) is 2.47. The van der Waals surface area contributed by atoms with Crippen molar-refractivity contribution in [3.05, 3.63) is 63.1 Å². The van der Waals surface area contributed by atoms with Crippen molar-refractivity contribution in [1.82, 2.24) is 4.98 Å². The monoisotopic (exact) mass is 352 g/mol. The van der Waals surface area contributed by atoms with Crippen LogP contribution in [0.1, 0.15) is 52.4 Å². The number of carbonyl (C=O) groups excluding carboxylic acids is 1. The fraction of sp³-hybridized carbons (Fsp3) is 0.350. The maximum atomic E-state index is 13.1. The van der Waals surface area contributed by atoms with Crippen LogP contribution in [-0.2, 0) is 17.6 Å². The Bertz CT molecular complexity index is 947. The minimum Gasteiger partial charge on any atom is -0.481 e. The van der Waals surface area contributed by atoms with E-state index >= 15 is 0 Å². The summed E-state index contributed by atoms with van der Waals surface area (Å²) in [6.07, 6.45) is 4.86. The number of nitrogens with one attached hydrogen (secondary N) is 1. The van der Waals surface area contributed by atoms with Gasteiger partial charge in [0.2, 0.25) is 0 Å². The van der Waals surface area contributed by atoms with Crippen molar-refractivity contribution in [1.29, 1.82) is 0 Å². The molecule has 0 saturated heterocycles. The quantitative estimate of drug-likeness (QED) is 0.813. The highest BCUT2D eigenvalue weighted by molar-refractivity contribution is 6.08. The maximum Gasteiger partial charge on any atom is 0.312 e. The number of carboxylic acids is 1. The van der Waals surface area contributed by atoms with Crippen LogP contribution in [0.5, 0.6) is 0 Å². The van der Waals surface area contributed by atoms with E-state index in [-0.39, 0.29) is 12.1 Å². The number of anilines is 1. The highest BCUT2D eigenvalue weighted by atomic mass is 16.4. The summed E-state index contributed by atoms with van der Waals surface area (Å²) in [4.78, 5) is 41.5. The molecule has 1 unspecified atom stereocenters. The van der Waals surface area contributed by atoms with Crippen molar-refractivity contribution in [2.75, 3.05) is 11.4 Å². The fourth-order valence-corrected chi connectivity index (χ4v) is 3.97. The van der Waals surface area contributed by atoms with E-state index in [2.05, 4.69) is 4.98 Å². The second kappa shape index (κ2) is 6.44. The van der Waals surface area contributed by atoms with Crippen LogP contribution in [-0.4, -0.2) is 28.5 Å². The zero-order valence-electron chi connectivity index (χ0n) is 14.3. The van der Waals surface area contributed by atoms with Gasteiger partial charge in [0.15, 0.2) is 0 Å². The largest absolute Gasteiger partial charge is 0.481 e. The van der Waals surface area contributed by atoms with E-state index in [0.717, 1.165) is 43.4 Å². The van der Waals surface area contributed by atoms with Gasteiger partial charge >= 0.3 is 5.97 Å². The number of aryl methyl sites for hydroxylation is 2. The number of nitrogens with zero attached hydrogens (tertiary/aromatic N) is 1. The molecule has 134 valence electrons. The molecular formula is C20H20N2O4. The molecule has 26 heavy (non-hydrogen) atoms. The molecule has 2 heterocycles. The number of H-pyrrole nitrogens is 1. The molecule has 1 aromatic carbocycles. The lowest BCUT2D eigenvalue weighted by atomic mass is 10.0. The van der Waals surface area contributed by atoms with Gasteiger partial charge in [0.25, 0.3) is 11.5 Å². The van der Waals surface area contributed by atoms with Gasteiger partial charge in [-0.1, -0.05) is 24.6 Å². The summed E-state index contributed by atoms with van der Waals surface area (Å²) < 4.78 is 0. The Balaban J connectivity index is 1.74.